The topological polar surface area (TPSA) is 32.9 Å². The van der Waals surface area contributed by atoms with E-state index in [0.29, 0.717) is 6.42 Å². The Balaban J connectivity index is 2.67. The number of ketones is 1. The summed E-state index contributed by atoms with van der Waals surface area (Å²) in [6, 6.07) is 7.70. The average Bonchev–Trinajstić information content (AvgIpc) is 2.63. The van der Waals surface area contributed by atoms with Crippen LogP contribution in [0.1, 0.15) is 23.7 Å². The number of rotatable bonds is 2. The first-order chi connectivity index (χ1) is 6.33. The van der Waals surface area contributed by atoms with Crippen LogP contribution in [0.4, 0.5) is 0 Å². The molecule has 1 aromatic carbocycles. The number of fused-ring (bicyclic) bond motifs is 1. The van der Waals surface area contributed by atoms with Crippen LogP contribution in [0.15, 0.2) is 30.5 Å². The van der Waals surface area contributed by atoms with Crippen LogP contribution in [0.25, 0.3) is 10.9 Å². The van der Waals surface area contributed by atoms with Gasteiger partial charge in [-0.3, -0.25) is 4.79 Å². The van der Waals surface area contributed by atoms with Gasteiger partial charge in [0.05, 0.1) is 0 Å². The third kappa shape index (κ3) is 1.24. The van der Waals surface area contributed by atoms with E-state index in [4.69, 9.17) is 0 Å². The normalized spacial score (nSPS) is 10.5. The summed E-state index contributed by atoms with van der Waals surface area (Å²) >= 11 is 0. The number of hydrogen-bond acceptors (Lipinski definition) is 1. The zero-order valence-corrected chi connectivity index (χ0v) is 7.50. The molecule has 1 N–H and O–H groups in total. The fourth-order valence-corrected chi connectivity index (χ4v) is 1.52. The molecule has 2 aromatic rings. The third-order valence-electron chi connectivity index (χ3n) is 2.22. The first kappa shape index (κ1) is 8.05. The molecular formula is C11H11NO. The monoisotopic (exact) mass is 173 g/mol. The molecule has 0 atom stereocenters. The van der Waals surface area contributed by atoms with Gasteiger partial charge in [-0.25, -0.2) is 0 Å². The molecule has 0 radical (unpaired) electrons. The molecule has 0 aliphatic rings. The highest BCUT2D eigenvalue weighted by atomic mass is 16.1. The molecule has 0 aliphatic carbocycles. The summed E-state index contributed by atoms with van der Waals surface area (Å²) in [5, 5.41) is 1.02. The third-order valence-corrected chi connectivity index (χ3v) is 2.22. The highest BCUT2D eigenvalue weighted by molar-refractivity contribution is 6.07. The lowest BCUT2D eigenvalue weighted by Crippen LogP contribution is -1.96. The Bertz CT molecular complexity index is 442. The number of aromatic amines is 1. The average molecular weight is 173 g/mol. The van der Waals surface area contributed by atoms with E-state index in [0.717, 1.165) is 16.5 Å². The standard InChI is InChI=1S/C11H11NO/c1-2-11(13)9-4-3-5-10-8(9)6-7-12-10/h3-7,12H,2H2,1H3. The van der Waals surface area contributed by atoms with Crippen molar-refractivity contribution in [3.63, 3.8) is 0 Å². The first-order valence-electron chi connectivity index (χ1n) is 4.42. The quantitative estimate of drug-likeness (QED) is 0.696. The molecule has 13 heavy (non-hydrogen) atoms. The number of Topliss-reactive ketones (excluding diaryl/α,β-unsaturated/α-hetero) is 1. The Kier molecular flexibility index (Phi) is 1.89. The molecule has 0 fully saturated rings. The molecule has 0 amide bonds. The molecule has 1 heterocycles. The predicted molar refractivity (Wildman–Crippen MR) is 52.9 cm³/mol. The second-order valence-electron chi connectivity index (χ2n) is 3.02. The number of nitrogens with one attached hydrogen (secondary N) is 1. The smallest absolute Gasteiger partial charge is 0.163 e. The van der Waals surface area contributed by atoms with Crippen molar-refractivity contribution in [2.75, 3.05) is 0 Å². The van der Waals surface area contributed by atoms with Crippen LogP contribution in [0.2, 0.25) is 0 Å². The van der Waals surface area contributed by atoms with Crippen molar-refractivity contribution in [2.24, 2.45) is 0 Å². The van der Waals surface area contributed by atoms with Crippen molar-refractivity contribution in [3.05, 3.63) is 36.0 Å². The zero-order valence-electron chi connectivity index (χ0n) is 7.50. The summed E-state index contributed by atoms with van der Waals surface area (Å²) in [5.41, 5.74) is 1.85. The van der Waals surface area contributed by atoms with Gasteiger partial charge in [-0.2, -0.15) is 0 Å². The molecule has 2 rings (SSSR count). The molecular weight excluding hydrogens is 162 g/mol. The van der Waals surface area contributed by atoms with Gasteiger partial charge in [-0.05, 0) is 12.1 Å². The van der Waals surface area contributed by atoms with Gasteiger partial charge in [0.1, 0.15) is 0 Å². The summed E-state index contributed by atoms with van der Waals surface area (Å²) < 4.78 is 0. The fourth-order valence-electron chi connectivity index (χ4n) is 1.52. The van der Waals surface area contributed by atoms with E-state index >= 15 is 0 Å². The molecule has 2 heteroatoms. The zero-order chi connectivity index (χ0) is 9.26. The molecule has 0 aliphatic heterocycles. The Labute approximate surface area is 76.6 Å². The van der Waals surface area contributed by atoms with Crippen LogP contribution in [-0.4, -0.2) is 10.8 Å². The molecule has 66 valence electrons. The van der Waals surface area contributed by atoms with Gasteiger partial charge >= 0.3 is 0 Å². The number of carbonyl (C=O) groups is 1. The SMILES string of the molecule is CCC(=O)c1cccc2[nH]ccc12. The van der Waals surface area contributed by atoms with E-state index in [1.165, 1.54) is 0 Å². The summed E-state index contributed by atoms with van der Waals surface area (Å²) in [7, 11) is 0. The van der Waals surface area contributed by atoms with Crippen molar-refractivity contribution < 1.29 is 4.79 Å². The van der Waals surface area contributed by atoms with E-state index < -0.39 is 0 Å². The molecule has 0 unspecified atom stereocenters. The maximum absolute atomic E-state index is 11.5. The molecule has 1 aromatic heterocycles. The highest BCUT2D eigenvalue weighted by Crippen LogP contribution is 2.18. The van der Waals surface area contributed by atoms with Crippen molar-refractivity contribution in [1.82, 2.24) is 4.98 Å². The Morgan fingerprint density at radius 2 is 2.23 bits per heavy atom. The van der Waals surface area contributed by atoms with Gasteiger partial charge in [0.2, 0.25) is 0 Å². The number of aromatic nitrogens is 1. The minimum Gasteiger partial charge on any atom is -0.361 e. The predicted octanol–water partition coefficient (Wildman–Crippen LogP) is 2.76. The number of benzene rings is 1. The molecule has 2 nitrogen and oxygen atoms in total. The minimum atomic E-state index is 0.199. The van der Waals surface area contributed by atoms with Gasteiger partial charge in [0, 0.05) is 29.1 Å². The lowest BCUT2D eigenvalue weighted by atomic mass is 10.0. The van der Waals surface area contributed by atoms with Crippen molar-refractivity contribution in [1.29, 1.82) is 0 Å². The van der Waals surface area contributed by atoms with Crippen molar-refractivity contribution in [2.45, 2.75) is 13.3 Å². The van der Waals surface area contributed by atoms with Gasteiger partial charge in [0.15, 0.2) is 5.78 Å². The molecule has 0 saturated heterocycles. The Morgan fingerprint density at radius 1 is 1.38 bits per heavy atom. The Hall–Kier alpha value is -1.57. The van der Waals surface area contributed by atoms with E-state index in [2.05, 4.69) is 4.98 Å². The molecule has 0 spiro atoms. The van der Waals surface area contributed by atoms with Crippen LogP contribution in [0.5, 0.6) is 0 Å². The summed E-state index contributed by atoms with van der Waals surface area (Å²) in [4.78, 5) is 14.6. The second kappa shape index (κ2) is 3.05. The fraction of sp³-hybridized carbons (Fsp3) is 0.182. The van der Waals surface area contributed by atoms with Crippen LogP contribution in [-0.2, 0) is 0 Å². The van der Waals surface area contributed by atoms with Crippen molar-refractivity contribution >= 4 is 16.7 Å². The second-order valence-corrected chi connectivity index (χ2v) is 3.02. The lowest BCUT2D eigenvalue weighted by molar-refractivity contribution is 0.0990. The van der Waals surface area contributed by atoms with Gasteiger partial charge in [-0.1, -0.05) is 19.1 Å². The first-order valence-corrected chi connectivity index (χ1v) is 4.42. The number of carbonyl (C=O) groups excluding carboxylic acids is 1. The minimum absolute atomic E-state index is 0.199. The van der Waals surface area contributed by atoms with Gasteiger partial charge in [-0.15, -0.1) is 0 Å². The van der Waals surface area contributed by atoms with Crippen molar-refractivity contribution in [3.8, 4) is 0 Å². The summed E-state index contributed by atoms with van der Waals surface area (Å²) in [6.45, 7) is 1.88. The van der Waals surface area contributed by atoms with Crippen LogP contribution in [0, 0.1) is 0 Å². The van der Waals surface area contributed by atoms with E-state index in [-0.39, 0.29) is 5.78 Å². The van der Waals surface area contributed by atoms with E-state index in [1.54, 1.807) is 0 Å². The molecule has 0 saturated carbocycles. The van der Waals surface area contributed by atoms with Crippen LogP contribution >= 0.6 is 0 Å². The lowest BCUT2D eigenvalue weighted by Gasteiger charge is -1.98. The maximum Gasteiger partial charge on any atom is 0.163 e. The summed E-state index contributed by atoms with van der Waals surface area (Å²) in [6.07, 6.45) is 2.42. The number of H-pyrrole nitrogens is 1. The largest absolute Gasteiger partial charge is 0.361 e. The van der Waals surface area contributed by atoms with Gasteiger partial charge < -0.3 is 4.98 Å². The van der Waals surface area contributed by atoms with Crippen LogP contribution < -0.4 is 0 Å². The summed E-state index contributed by atoms with van der Waals surface area (Å²) in [5.74, 6) is 0.199. The maximum atomic E-state index is 11.5. The van der Waals surface area contributed by atoms with E-state index in [1.807, 2.05) is 37.4 Å². The van der Waals surface area contributed by atoms with Gasteiger partial charge in [0.25, 0.3) is 0 Å². The van der Waals surface area contributed by atoms with Crippen LogP contribution in [0.3, 0.4) is 0 Å². The molecule has 0 bridgehead atoms. The Morgan fingerprint density at radius 3 is 3.00 bits per heavy atom. The highest BCUT2D eigenvalue weighted by Gasteiger charge is 2.07. The number of hydrogen-bond donors (Lipinski definition) is 1. The van der Waals surface area contributed by atoms with E-state index in [9.17, 15) is 4.79 Å².